The summed E-state index contributed by atoms with van der Waals surface area (Å²) in [6, 6.07) is 4.18. The van der Waals surface area contributed by atoms with E-state index in [1.54, 1.807) is 6.92 Å². The molecule has 0 fully saturated rings. The van der Waals surface area contributed by atoms with Crippen molar-refractivity contribution in [2.24, 2.45) is 0 Å². The fourth-order valence-corrected chi connectivity index (χ4v) is 1.42. The zero-order valence-corrected chi connectivity index (χ0v) is 11.0. The van der Waals surface area contributed by atoms with Crippen LogP contribution < -0.4 is 15.4 Å². The van der Waals surface area contributed by atoms with Crippen molar-refractivity contribution < 1.29 is 27.4 Å². The number of carbonyl (C=O) groups excluding carboxylic acids is 1. The summed E-state index contributed by atoms with van der Waals surface area (Å²) >= 11 is 0. The van der Waals surface area contributed by atoms with E-state index >= 15 is 0 Å². The average Bonchev–Trinajstić information content (AvgIpc) is 2.30. The van der Waals surface area contributed by atoms with Crippen molar-refractivity contribution in [3.05, 3.63) is 24.3 Å². The largest absolute Gasteiger partial charge is 0.573 e. The Balaban J connectivity index is 2.51. The Bertz CT molecular complexity index is 435. The summed E-state index contributed by atoms with van der Waals surface area (Å²) in [5.41, 5.74) is 0.349. The zero-order valence-electron chi connectivity index (χ0n) is 11.0. The first-order chi connectivity index (χ1) is 9.30. The van der Waals surface area contributed by atoms with Gasteiger partial charge in [0.15, 0.2) is 0 Å². The van der Waals surface area contributed by atoms with Gasteiger partial charge >= 0.3 is 12.4 Å². The van der Waals surface area contributed by atoms with Crippen LogP contribution in [0.25, 0.3) is 0 Å². The van der Waals surface area contributed by atoms with Crippen LogP contribution >= 0.6 is 0 Å². The molecule has 0 bridgehead atoms. The highest BCUT2D eigenvalue weighted by atomic mass is 19.4. The number of ether oxygens (including phenoxy) is 2. The Kier molecular flexibility index (Phi) is 5.63. The number of alkyl halides is 3. The van der Waals surface area contributed by atoms with Crippen LogP contribution in [0.2, 0.25) is 0 Å². The Hall–Kier alpha value is -1.96. The number of amides is 2. The molecular weight excluding hydrogens is 277 g/mol. The quantitative estimate of drug-likeness (QED) is 0.877. The molecular formula is C12H15F3N2O3. The number of halogens is 3. The van der Waals surface area contributed by atoms with Gasteiger partial charge in [0, 0.05) is 12.8 Å². The van der Waals surface area contributed by atoms with Gasteiger partial charge in [-0.2, -0.15) is 0 Å². The predicted molar refractivity (Wildman–Crippen MR) is 66.6 cm³/mol. The first-order valence-corrected chi connectivity index (χ1v) is 5.72. The highest BCUT2D eigenvalue weighted by Crippen LogP contribution is 2.23. The van der Waals surface area contributed by atoms with Crippen LogP contribution in [0, 0.1) is 0 Å². The van der Waals surface area contributed by atoms with Crippen LogP contribution in [0.5, 0.6) is 5.75 Å². The van der Waals surface area contributed by atoms with Gasteiger partial charge in [-0.25, -0.2) is 4.79 Å². The van der Waals surface area contributed by atoms with E-state index in [2.05, 4.69) is 15.4 Å². The van der Waals surface area contributed by atoms with Gasteiger partial charge in [0.1, 0.15) is 5.75 Å². The van der Waals surface area contributed by atoms with Crippen molar-refractivity contribution in [1.82, 2.24) is 5.32 Å². The van der Waals surface area contributed by atoms with Crippen LogP contribution in [0.3, 0.4) is 0 Å². The molecule has 0 aliphatic carbocycles. The molecule has 0 radical (unpaired) electrons. The maximum Gasteiger partial charge on any atom is 0.573 e. The summed E-state index contributed by atoms with van der Waals surface area (Å²) in [5, 5.41) is 5.07. The number of anilines is 1. The molecule has 20 heavy (non-hydrogen) atoms. The highest BCUT2D eigenvalue weighted by Gasteiger charge is 2.30. The number of carbonyl (C=O) groups is 1. The number of methoxy groups -OCH3 is 1. The third-order valence-electron chi connectivity index (χ3n) is 2.14. The summed E-state index contributed by atoms with van der Waals surface area (Å²) in [7, 11) is 1.51. The first-order valence-electron chi connectivity index (χ1n) is 5.72. The van der Waals surface area contributed by atoms with Crippen LogP contribution in [0.15, 0.2) is 24.3 Å². The standard InChI is InChI=1S/C12H15F3N2O3/c1-8(7-19-2)16-11(18)17-9-3-5-10(6-4-9)20-12(13,14)15/h3-6,8H,7H2,1-2H3,(H2,16,17,18). The van der Waals surface area contributed by atoms with Crippen LogP contribution in [-0.4, -0.2) is 32.2 Å². The van der Waals surface area contributed by atoms with Crippen molar-refractivity contribution in [2.45, 2.75) is 19.3 Å². The smallest absolute Gasteiger partial charge is 0.406 e. The molecule has 0 heterocycles. The van der Waals surface area contributed by atoms with Crippen molar-refractivity contribution in [2.75, 3.05) is 19.0 Å². The zero-order chi connectivity index (χ0) is 15.2. The lowest BCUT2D eigenvalue weighted by atomic mass is 10.3. The van der Waals surface area contributed by atoms with Gasteiger partial charge in [-0.3, -0.25) is 0 Å². The Morgan fingerprint density at radius 1 is 1.30 bits per heavy atom. The van der Waals surface area contributed by atoms with Crippen LogP contribution in [0.4, 0.5) is 23.7 Å². The lowest BCUT2D eigenvalue weighted by Crippen LogP contribution is -2.38. The molecule has 0 aliphatic rings. The normalized spacial score (nSPS) is 12.7. The lowest BCUT2D eigenvalue weighted by Gasteiger charge is -2.14. The van der Waals surface area contributed by atoms with Gasteiger partial charge in [0.2, 0.25) is 0 Å². The van der Waals surface area contributed by atoms with Crippen LogP contribution in [-0.2, 0) is 4.74 Å². The highest BCUT2D eigenvalue weighted by molar-refractivity contribution is 5.89. The second-order valence-electron chi connectivity index (χ2n) is 4.03. The molecule has 2 N–H and O–H groups in total. The summed E-state index contributed by atoms with van der Waals surface area (Å²) in [4.78, 5) is 11.5. The molecule has 2 amide bonds. The third kappa shape index (κ3) is 6.28. The maximum atomic E-state index is 12.0. The molecule has 1 unspecified atom stereocenters. The SMILES string of the molecule is COCC(C)NC(=O)Nc1ccc(OC(F)(F)F)cc1. The number of hydrogen-bond donors (Lipinski definition) is 2. The van der Waals surface area contributed by atoms with Gasteiger partial charge in [-0.1, -0.05) is 0 Å². The molecule has 0 saturated heterocycles. The van der Waals surface area contributed by atoms with Gasteiger partial charge in [-0.05, 0) is 31.2 Å². The minimum atomic E-state index is -4.73. The van der Waals surface area contributed by atoms with E-state index in [0.29, 0.717) is 12.3 Å². The van der Waals surface area contributed by atoms with Gasteiger partial charge < -0.3 is 20.1 Å². The minimum Gasteiger partial charge on any atom is -0.406 e. The maximum absolute atomic E-state index is 12.0. The van der Waals surface area contributed by atoms with E-state index in [4.69, 9.17) is 4.74 Å². The summed E-state index contributed by atoms with van der Waals surface area (Å²) in [6.45, 7) is 2.11. The molecule has 1 aromatic carbocycles. The lowest BCUT2D eigenvalue weighted by molar-refractivity contribution is -0.274. The molecule has 0 spiro atoms. The van der Waals surface area contributed by atoms with Gasteiger partial charge in [-0.15, -0.1) is 13.2 Å². The molecule has 0 saturated carbocycles. The second-order valence-corrected chi connectivity index (χ2v) is 4.03. The monoisotopic (exact) mass is 292 g/mol. The van der Waals surface area contributed by atoms with Gasteiger partial charge in [0.25, 0.3) is 0 Å². The Morgan fingerprint density at radius 2 is 1.90 bits per heavy atom. The number of rotatable bonds is 5. The number of urea groups is 1. The van der Waals surface area contributed by atoms with Crippen molar-refractivity contribution in [1.29, 1.82) is 0 Å². The van der Waals surface area contributed by atoms with E-state index < -0.39 is 12.4 Å². The fourth-order valence-electron chi connectivity index (χ4n) is 1.42. The molecule has 0 aromatic heterocycles. The Morgan fingerprint density at radius 3 is 2.40 bits per heavy atom. The topological polar surface area (TPSA) is 59.6 Å². The predicted octanol–water partition coefficient (Wildman–Crippen LogP) is 2.74. The molecule has 5 nitrogen and oxygen atoms in total. The molecule has 112 valence electrons. The second kappa shape index (κ2) is 6.99. The van der Waals surface area contributed by atoms with E-state index in [1.165, 1.54) is 19.2 Å². The number of nitrogens with one attached hydrogen (secondary N) is 2. The summed E-state index contributed by atoms with van der Waals surface area (Å²) in [6.07, 6.45) is -4.73. The van der Waals surface area contributed by atoms with Crippen molar-refractivity contribution in [3.63, 3.8) is 0 Å². The fraction of sp³-hybridized carbons (Fsp3) is 0.417. The summed E-state index contributed by atoms with van der Waals surface area (Å²) < 4.78 is 44.4. The minimum absolute atomic E-state index is 0.187. The molecule has 0 aliphatic heterocycles. The summed E-state index contributed by atoms with van der Waals surface area (Å²) in [5.74, 6) is -0.351. The molecule has 8 heteroatoms. The average molecular weight is 292 g/mol. The van der Waals surface area contributed by atoms with E-state index in [-0.39, 0.29) is 11.8 Å². The third-order valence-corrected chi connectivity index (χ3v) is 2.14. The molecule has 1 rings (SSSR count). The van der Waals surface area contributed by atoms with E-state index in [1.807, 2.05) is 0 Å². The van der Waals surface area contributed by atoms with E-state index in [0.717, 1.165) is 12.1 Å². The Labute approximate surface area is 114 Å². The van der Waals surface area contributed by atoms with Crippen molar-refractivity contribution >= 4 is 11.7 Å². The number of benzene rings is 1. The van der Waals surface area contributed by atoms with Crippen molar-refractivity contribution in [3.8, 4) is 5.75 Å². The van der Waals surface area contributed by atoms with E-state index in [9.17, 15) is 18.0 Å². The van der Waals surface area contributed by atoms with Gasteiger partial charge in [0.05, 0.1) is 12.6 Å². The van der Waals surface area contributed by atoms with Crippen LogP contribution in [0.1, 0.15) is 6.92 Å². The number of hydrogen-bond acceptors (Lipinski definition) is 3. The molecule has 1 atom stereocenters. The first kappa shape index (κ1) is 16.1. The molecule has 1 aromatic rings.